The zero-order valence-corrected chi connectivity index (χ0v) is 11.0. The van der Waals surface area contributed by atoms with Gasteiger partial charge in [0.25, 0.3) is 0 Å². The summed E-state index contributed by atoms with van der Waals surface area (Å²) in [6, 6.07) is 8.76. The Labute approximate surface area is 118 Å². The standard InChI is InChI=1S/C13H11ClF3N3/c14-9-2-4-10(5-3-9)19-12-8(7-18)1-6-11(20-12)13(15,16)17/h1-6H,7,18H2,(H,19,20). The van der Waals surface area contributed by atoms with E-state index in [2.05, 4.69) is 10.3 Å². The lowest BCUT2D eigenvalue weighted by Gasteiger charge is -2.13. The largest absolute Gasteiger partial charge is 0.433 e. The molecule has 0 amide bonds. The molecule has 0 saturated carbocycles. The van der Waals surface area contributed by atoms with E-state index in [1.807, 2.05) is 0 Å². The van der Waals surface area contributed by atoms with Crippen molar-refractivity contribution in [2.75, 3.05) is 5.32 Å². The van der Waals surface area contributed by atoms with Crippen molar-refractivity contribution < 1.29 is 13.2 Å². The topological polar surface area (TPSA) is 50.9 Å². The fraction of sp³-hybridized carbons (Fsp3) is 0.154. The van der Waals surface area contributed by atoms with Gasteiger partial charge >= 0.3 is 6.18 Å². The van der Waals surface area contributed by atoms with Gasteiger partial charge in [-0.3, -0.25) is 0 Å². The van der Waals surface area contributed by atoms with E-state index >= 15 is 0 Å². The number of anilines is 2. The summed E-state index contributed by atoms with van der Waals surface area (Å²) in [5, 5.41) is 3.35. The fourth-order valence-electron chi connectivity index (χ4n) is 1.59. The zero-order valence-electron chi connectivity index (χ0n) is 10.2. The first-order valence-corrected chi connectivity index (χ1v) is 6.07. The maximum Gasteiger partial charge on any atom is 0.433 e. The Balaban J connectivity index is 2.35. The number of benzene rings is 1. The number of pyridine rings is 1. The summed E-state index contributed by atoms with van der Waals surface area (Å²) in [7, 11) is 0. The lowest BCUT2D eigenvalue weighted by molar-refractivity contribution is -0.141. The Kier molecular flexibility index (Phi) is 4.15. The normalized spacial score (nSPS) is 11.4. The van der Waals surface area contributed by atoms with Gasteiger partial charge < -0.3 is 11.1 Å². The lowest BCUT2D eigenvalue weighted by Crippen LogP contribution is -2.12. The first-order chi connectivity index (χ1) is 9.40. The van der Waals surface area contributed by atoms with Crippen molar-refractivity contribution in [2.45, 2.75) is 12.7 Å². The first kappa shape index (κ1) is 14.6. The van der Waals surface area contributed by atoms with Gasteiger partial charge in [-0.25, -0.2) is 4.98 Å². The van der Waals surface area contributed by atoms with E-state index in [0.29, 0.717) is 16.3 Å². The van der Waals surface area contributed by atoms with Gasteiger partial charge in [-0.15, -0.1) is 0 Å². The second kappa shape index (κ2) is 5.68. The number of hydrogen-bond donors (Lipinski definition) is 2. The molecular formula is C13H11ClF3N3. The molecule has 2 rings (SSSR count). The summed E-state index contributed by atoms with van der Waals surface area (Å²) < 4.78 is 38.0. The van der Waals surface area contributed by atoms with Crippen molar-refractivity contribution in [3.63, 3.8) is 0 Å². The molecule has 0 aliphatic carbocycles. The van der Waals surface area contributed by atoms with Crippen molar-refractivity contribution in [1.29, 1.82) is 0 Å². The van der Waals surface area contributed by atoms with Gasteiger partial charge in [-0.05, 0) is 30.3 Å². The van der Waals surface area contributed by atoms with Crippen LogP contribution in [0.15, 0.2) is 36.4 Å². The molecule has 2 aromatic rings. The van der Waals surface area contributed by atoms with Crippen molar-refractivity contribution in [2.24, 2.45) is 5.73 Å². The smallest absolute Gasteiger partial charge is 0.340 e. The van der Waals surface area contributed by atoms with Crippen LogP contribution in [-0.4, -0.2) is 4.98 Å². The second-order valence-electron chi connectivity index (χ2n) is 4.04. The summed E-state index contributed by atoms with van der Waals surface area (Å²) >= 11 is 5.75. The van der Waals surface area contributed by atoms with Crippen LogP contribution in [-0.2, 0) is 12.7 Å². The maximum atomic E-state index is 12.7. The van der Waals surface area contributed by atoms with Crippen LogP contribution < -0.4 is 11.1 Å². The van der Waals surface area contributed by atoms with Crippen molar-refractivity contribution in [1.82, 2.24) is 4.98 Å². The first-order valence-electron chi connectivity index (χ1n) is 5.70. The summed E-state index contributed by atoms with van der Waals surface area (Å²) in [5.74, 6) is 0.0876. The monoisotopic (exact) mass is 301 g/mol. The minimum absolute atomic E-state index is 0.0844. The number of alkyl halides is 3. The fourth-order valence-corrected chi connectivity index (χ4v) is 1.71. The van der Waals surface area contributed by atoms with Crippen molar-refractivity contribution in [3.8, 4) is 0 Å². The molecule has 0 atom stereocenters. The number of nitrogens with zero attached hydrogens (tertiary/aromatic N) is 1. The van der Waals surface area contributed by atoms with E-state index in [4.69, 9.17) is 17.3 Å². The molecule has 0 fully saturated rings. The molecule has 0 spiro atoms. The molecule has 20 heavy (non-hydrogen) atoms. The highest BCUT2D eigenvalue weighted by Gasteiger charge is 2.33. The van der Waals surface area contributed by atoms with Crippen LogP contribution in [0.25, 0.3) is 0 Å². The van der Waals surface area contributed by atoms with Crippen molar-refractivity contribution in [3.05, 3.63) is 52.7 Å². The van der Waals surface area contributed by atoms with Gasteiger partial charge in [0.1, 0.15) is 11.5 Å². The average molecular weight is 302 g/mol. The van der Waals surface area contributed by atoms with Crippen LogP contribution >= 0.6 is 11.6 Å². The number of hydrogen-bond acceptors (Lipinski definition) is 3. The van der Waals surface area contributed by atoms with Gasteiger partial charge in [-0.2, -0.15) is 13.2 Å². The number of aromatic nitrogens is 1. The third kappa shape index (κ3) is 3.40. The van der Waals surface area contributed by atoms with Crippen molar-refractivity contribution >= 4 is 23.1 Å². The molecule has 3 N–H and O–H groups in total. The third-order valence-corrected chi connectivity index (χ3v) is 2.85. The average Bonchev–Trinajstić information content (AvgIpc) is 2.40. The zero-order chi connectivity index (χ0) is 14.8. The van der Waals surface area contributed by atoms with Gasteiger partial charge in [0.15, 0.2) is 0 Å². The van der Waals surface area contributed by atoms with Crippen LogP contribution in [0.2, 0.25) is 5.02 Å². The van der Waals surface area contributed by atoms with Crippen LogP contribution in [0.4, 0.5) is 24.7 Å². The number of rotatable bonds is 3. The van der Waals surface area contributed by atoms with Gasteiger partial charge in [0.2, 0.25) is 0 Å². The van der Waals surface area contributed by atoms with Crippen LogP contribution in [0.3, 0.4) is 0 Å². The molecular weight excluding hydrogens is 291 g/mol. The Morgan fingerprint density at radius 3 is 2.30 bits per heavy atom. The van der Waals surface area contributed by atoms with Gasteiger partial charge in [-0.1, -0.05) is 17.7 Å². The lowest BCUT2D eigenvalue weighted by atomic mass is 10.2. The summed E-state index contributed by atoms with van der Waals surface area (Å²) in [5.41, 5.74) is 5.61. The Morgan fingerprint density at radius 2 is 1.75 bits per heavy atom. The summed E-state index contributed by atoms with van der Waals surface area (Å²) in [4.78, 5) is 3.58. The van der Waals surface area contributed by atoms with Crippen LogP contribution in [0, 0.1) is 0 Å². The molecule has 0 aliphatic rings. The van der Waals surface area contributed by atoms with Crippen LogP contribution in [0.1, 0.15) is 11.3 Å². The molecule has 0 bridgehead atoms. The van der Waals surface area contributed by atoms with E-state index in [1.165, 1.54) is 6.07 Å². The Hall–Kier alpha value is -1.79. The molecule has 3 nitrogen and oxygen atoms in total. The summed E-state index contributed by atoms with van der Waals surface area (Å²) in [6.45, 7) is 0.0844. The number of nitrogens with one attached hydrogen (secondary N) is 1. The maximum absolute atomic E-state index is 12.7. The minimum atomic E-state index is -4.50. The van der Waals surface area contributed by atoms with E-state index in [9.17, 15) is 13.2 Å². The number of nitrogens with two attached hydrogens (primary N) is 1. The Morgan fingerprint density at radius 1 is 1.10 bits per heavy atom. The minimum Gasteiger partial charge on any atom is -0.340 e. The van der Waals surface area contributed by atoms with Gasteiger partial charge in [0.05, 0.1) is 0 Å². The quantitative estimate of drug-likeness (QED) is 0.902. The van der Waals surface area contributed by atoms with E-state index in [-0.39, 0.29) is 12.4 Å². The molecule has 1 aromatic carbocycles. The Bertz CT molecular complexity index is 597. The molecule has 0 unspecified atom stereocenters. The molecule has 7 heteroatoms. The predicted octanol–water partition coefficient (Wildman–Crippen LogP) is 3.96. The molecule has 1 heterocycles. The highest BCUT2D eigenvalue weighted by atomic mass is 35.5. The molecule has 106 valence electrons. The molecule has 0 saturated heterocycles. The number of halogens is 4. The van der Waals surface area contributed by atoms with E-state index in [0.717, 1.165) is 6.07 Å². The highest BCUT2D eigenvalue weighted by molar-refractivity contribution is 6.30. The highest BCUT2D eigenvalue weighted by Crippen LogP contribution is 2.30. The second-order valence-corrected chi connectivity index (χ2v) is 4.47. The predicted molar refractivity (Wildman–Crippen MR) is 71.9 cm³/mol. The SMILES string of the molecule is NCc1ccc(C(F)(F)F)nc1Nc1ccc(Cl)cc1. The molecule has 0 aliphatic heterocycles. The summed E-state index contributed by atoms with van der Waals surface area (Å²) in [6.07, 6.45) is -4.50. The third-order valence-electron chi connectivity index (χ3n) is 2.60. The molecule has 0 radical (unpaired) electrons. The van der Waals surface area contributed by atoms with Crippen LogP contribution in [0.5, 0.6) is 0 Å². The van der Waals surface area contributed by atoms with Gasteiger partial charge in [0, 0.05) is 22.8 Å². The van der Waals surface area contributed by atoms with E-state index < -0.39 is 11.9 Å². The van der Waals surface area contributed by atoms with E-state index in [1.54, 1.807) is 24.3 Å². The molecule has 1 aromatic heterocycles.